The largest absolute Gasteiger partial charge is 0.342 e. The highest BCUT2D eigenvalue weighted by Gasteiger charge is 2.33. The van der Waals surface area contributed by atoms with E-state index in [9.17, 15) is 9.59 Å². The van der Waals surface area contributed by atoms with Gasteiger partial charge in [-0.2, -0.15) is 5.10 Å². The van der Waals surface area contributed by atoms with Crippen molar-refractivity contribution in [3.63, 3.8) is 0 Å². The van der Waals surface area contributed by atoms with Crippen molar-refractivity contribution in [1.29, 1.82) is 0 Å². The molecular formula is C19H31N5O2. The van der Waals surface area contributed by atoms with Crippen LogP contribution in [0.15, 0.2) is 12.4 Å². The Morgan fingerprint density at radius 1 is 1.12 bits per heavy atom. The topological polar surface area (TPSA) is 70.5 Å². The maximum absolute atomic E-state index is 12.9. The highest BCUT2D eigenvalue weighted by atomic mass is 16.2. The van der Waals surface area contributed by atoms with Crippen LogP contribution >= 0.6 is 0 Å². The Morgan fingerprint density at radius 3 is 2.27 bits per heavy atom. The van der Waals surface area contributed by atoms with Crippen LogP contribution in [-0.4, -0.2) is 64.6 Å². The lowest BCUT2D eigenvalue weighted by Crippen LogP contribution is -2.48. The third-order valence-electron chi connectivity index (χ3n) is 5.84. The van der Waals surface area contributed by atoms with Crippen molar-refractivity contribution in [2.75, 3.05) is 33.2 Å². The second-order valence-electron chi connectivity index (χ2n) is 7.78. The standard InChI is InChI=1S/C19H31N5O2/c1-14-4-8-23(9-5-14)18(25)15-6-10-24(11-7-15)19(26)17(20-2)16-12-21-22(3)13-16/h12-15,17,20H,4-11H2,1-3H3. The summed E-state index contributed by atoms with van der Waals surface area (Å²) in [4.78, 5) is 29.6. The maximum Gasteiger partial charge on any atom is 0.244 e. The molecule has 1 aromatic heterocycles. The van der Waals surface area contributed by atoms with E-state index in [4.69, 9.17) is 0 Å². The fraction of sp³-hybridized carbons (Fsp3) is 0.737. The molecule has 2 saturated heterocycles. The molecule has 0 radical (unpaired) electrons. The number of likely N-dealkylation sites (tertiary alicyclic amines) is 2. The van der Waals surface area contributed by atoms with Gasteiger partial charge in [0, 0.05) is 50.9 Å². The summed E-state index contributed by atoms with van der Waals surface area (Å²) in [6, 6.07) is -0.375. The van der Waals surface area contributed by atoms with Crippen LogP contribution in [0.4, 0.5) is 0 Å². The van der Waals surface area contributed by atoms with Crippen molar-refractivity contribution in [2.24, 2.45) is 18.9 Å². The number of likely N-dealkylation sites (N-methyl/N-ethyl adjacent to an activating group) is 1. The molecule has 7 nitrogen and oxygen atoms in total. The zero-order valence-corrected chi connectivity index (χ0v) is 16.1. The van der Waals surface area contributed by atoms with Gasteiger partial charge in [0.1, 0.15) is 6.04 Å². The zero-order chi connectivity index (χ0) is 18.7. The van der Waals surface area contributed by atoms with Crippen LogP contribution in [0.3, 0.4) is 0 Å². The first-order valence-corrected chi connectivity index (χ1v) is 9.73. The van der Waals surface area contributed by atoms with E-state index in [1.165, 1.54) is 0 Å². The van der Waals surface area contributed by atoms with Gasteiger partial charge in [-0.3, -0.25) is 14.3 Å². The van der Waals surface area contributed by atoms with Gasteiger partial charge < -0.3 is 15.1 Å². The second kappa shape index (κ2) is 8.20. The Labute approximate surface area is 155 Å². The van der Waals surface area contributed by atoms with E-state index in [2.05, 4.69) is 17.3 Å². The van der Waals surface area contributed by atoms with Gasteiger partial charge in [0.05, 0.1) is 6.20 Å². The molecule has 1 N–H and O–H groups in total. The minimum atomic E-state index is -0.375. The number of rotatable bonds is 4. The Morgan fingerprint density at radius 2 is 1.73 bits per heavy atom. The molecule has 0 spiro atoms. The first kappa shape index (κ1) is 18.9. The van der Waals surface area contributed by atoms with Gasteiger partial charge in [0.15, 0.2) is 0 Å². The zero-order valence-electron chi connectivity index (χ0n) is 16.1. The van der Waals surface area contributed by atoms with Crippen molar-refractivity contribution in [3.8, 4) is 0 Å². The number of carbonyl (C=O) groups is 2. The number of piperidine rings is 2. The van der Waals surface area contributed by atoms with E-state index >= 15 is 0 Å². The number of hydrogen-bond acceptors (Lipinski definition) is 4. The van der Waals surface area contributed by atoms with Crippen molar-refractivity contribution in [1.82, 2.24) is 24.9 Å². The van der Waals surface area contributed by atoms with E-state index in [0.29, 0.717) is 19.0 Å². The molecule has 2 aliphatic rings. The van der Waals surface area contributed by atoms with Crippen LogP contribution in [0, 0.1) is 11.8 Å². The minimum Gasteiger partial charge on any atom is -0.342 e. The number of carbonyl (C=O) groups excluding carboxylic acids is 2. The highest BCUT2D eigenvalue weighted by molar-refractivity contribution is 5.84. The van der Waals surface area contributed by atoms with Crippen LogP contribution < -0.4 is 5.32 Å². The molecule has 0 bridgehead atoms. The molecule has 1 atom stereocenters. The molecule has 144 valence electrons. The van der Waals surface area contributed by atoms with E-state index in [1.807, 2.05) is 23.0 Å². The van der Waals surface area contributed by atoms with Crippen LogP contribution in [0.25, 0.3) is 0 Å². The van der Waals surface area contributed by atoms with E-state index < -0.39 is 0 Å². The molecule has 2 fully saturated rings. The van der Waals surface area contributed by atoms with Gasteiger partial charge in [-0.25, -0.2) is 0 Å². The van der Waals surface area contributed by atoms with Crippen molar-refractivity contribution >= 4 is 11.8 Å². The fourth-order valence-corrected chi connectivity index (χ4v) is 4.04. The van der Waals surface area contributed by atoms with Gasteiger partial charge in [-0.05, 0) is 38.6 Å². The molecule has 0 aromatic carbocycles. The van der Waals surface area contributed by atoms with Gasteiger partial charge in [-0.1, -0.05) is 6.92 Å². The molecule has 26 heavy (non-hydrogen) atoms. The summed E-state index contributed by atoms with van der Waals surface area (Å²) in [5, 5.41) is 7.26. The summed E-state index contributed by atoms with van der Waals surface area (Å²) in [6.45, 7) is 5.34. The molecule has 3 heterocycles. The minimum absolute atomic E-state index is 0.0678. The monoisotopic (exact) mass is 361 g/mol. The summed E-state index contributed by atoms with van der Waals surface area (Å²) in [5.41, 5.74) is 0.876. The lowest BCUT2D eigenvalue weighted by atomic mass is 9.92. The molecule has 2 aliphatic heterocycles. The van der Waals surface area contributed by atoms with Gasteiger partial charge in [0.2, 0.25) is 11.8 Å². The van der Waals surface area contributed by atoms with Gasteiger partial charge >= 0.3 is 0 Å². The normalized spacial score (nSPS) is 21.0. The third kappa shape index (κ3) is 4.09. The molecule has 1 aromatic rings. The smallest absolute Gasteiger partial charge is 0.244 e. The molecule has 7 heteroatoms. The van der Waals surface area contributed by atoms with Crippen molar-refractivity contribution in [2.45, 2.75) is 38.6 Å². The van der Waals surface area contributed by atoms with E-state index in [-0.39, 0.29) is 17.9 Å². The Balaban J connectivity index is 1.54. The molecule has 1 unspecified atom stereocenters. The number of aromatic nitrogens is 2. The van der Waals surface area contributed by atoms with Crippen molar-refractivity contribution in [3.05, 3.63) is 18.0 Å². The maximum atomic E-state index is 12.9. The van der Waals surface area contributed by atoms with E-state index in [1.54, 1.807) is 17.9 Å². The lowest BCUT2D eigenvalue weighted by molar-refractivity contribution is -0.142. The molecule has 0 aliphatic carbocycles. The number of hydrogen-bond donors (Lipinski definition) is 1. The van der Waals surface area contributed by atoms with Gasteiger partial charge in [-0.15, -0.1) is 0 Å². The summed E-state index contributed by atoms with van der Waals surface area (Å²) >= 11 is 0. The lowest BCUT2D eigenvalue weighted by Gasteiger charge is -2.37. The third-order valence-corrected chi connectivity index (χ3v) is 5.84. The van der Waals surface area contributed by atoms with Crippen LogP contribution in [0.2, 0.25) is 0 Å². The molecule has 0 saturated carbocycles. The van der Waals surface area contributed by atoms with E-state index in [0.717, 1.165) is 50.3 Å². The number of aryl methyl sites for hydroxylation is 1. The summed E-state index contributed by atoms with van der Waals surface area (Å²) in [5.74, 6) is 1.16. The first-order valence-electron chi connectivity index (χ1n) is 9.73. The Hall–Kier alpha value is -1.89. The molecule has 3 rings (SSSR count). The molecule has 2 amide bonds. The number of nitrogens with one attached hydrogen (secondary N) is 1. The number of amides is 2. The fourth-order valence-electron chi connectivity index (χ4n) is 4.04. The summed E-state index contributed by atoms with van der Waals surface area (Å²) in [7, 11) is 3.64. The SMILES string of the molecule is CNC(C(=O)N1CCC(C(=O)N2CCC(C)CC2)CC1)c1cnn(C)c1. The van der Waals surface area contributed by atoms with Gasteiger partial charge in [0.25, 0.3) is 0 Å². The second-order valence-corrected chi connectivity index (χ2v) is 7.78. The Bertz CT molecular complexity index is 628. The predicted octanol–water partition coefficient (Wildman–Crippen LogP) is 1.18. The molecular weight excluding hydrogens is 330 g/mol. The first-order chi connectivity index (χ1) is 12.5. The summed E-state index contributed by atoms with van der Waals surface area (Å²) in [6.07, 6.45) is 7.34. The Kier molecular flexibility index (Phi) is 5.96. The van der Waals surface area contributed by atoms with Crippen LogP contribution in [0.1, 0.15) is 44.2 Å². The van der Waals surface area contributed by atoms with Crippen LogP contribution in [-0.2, 0) is 16.6 Å². The average Bonchev–Trinajstić information content (AvgIpc) is 3.08. The van der Waals surface area contributed by atoms with Crippen molar-refractivity contribution < 1.29 is 9.59 Å². The predicted molar refractivity (Wildman–Crippen MR) is 99.3 cm³/mol. The average molecular weight is 361 g/mol. The number of nitrogens with zero attached hydrogens (tertiary/aromatic N) is 4. The highest BCUT2D eigenvalue weighted by Crippen LogP contribution is 2.25. The quantitative estimate of drug-likeness (QED) is 0.874. The van der Waals surface area contributed by atoms with Crippen LogP contribution in [0.5, 0.6) is 0 Å². The summed E-state index contributed by atoms with van der Waals surface area (Å²) < 4.78 is 1.71.